The van der Waals surface area contributed by atoms with Crippen LogP contribution < -0.4 is 5.32 Å². The van der Waals surface area contributed by atoms with E-state index in [1.165, 1.54) is 5.56 Å². The first-order valence-electron chi connectivity index (χ1n) is 8.35. The van der Waals surface area contributed by atoms with Gasteiger partial charge in [-0.3, -0.25) is 9.69 Å². The molecule has 0 unspecified atom stereocenters. The van der Waals surface area contributed by atoms with Crippen LogP contribution in [0.25, 0.3) is 0 Å². The van der Waals surface area contributed by atoms with Gasteiger partial charge in [0.05, 0.1) is 0 Å². The Kier molecular flexibility index (Phi) is 5.09. The summed E-state index contributed by atoms with van der Waals surface area (Å²) in [5.74, 6) is 0.0506. The van der Waals surface area contributed by atoms with Crippen molar-refractivity contribution in [2.75, 3.05) is 13.1 Å². The highest BCUT2D eigenvalue weighted by Crippen LogP contribution is 2.15. The van der Waals surface area contributed by atoms with E-state index in [2.05, 4.69) is 34.5 Å². The monoisotopic (exact) mass is 308 g/mol. The Morgan fingerprint density at radius 3 is 2.65 bits per heavy atom. The number of likely N-dealkylation sites (tertiary alicyclic amines) is 1. The smallest absolute Gasteiger partial charge is 0.251 e. The molecule has 1 atom stereocenters. The van der Waals surface area contributed by atoms with Crippen LogP contribution >= 0.6 is 0 Å². The predicted molar refractivity (Wildman–Crippen MR) is 93.4 cm³/mol. The Labute approximate surface area is 138 Å². The van der Waals surface area contributed by atoms with E-state index >= 15 is 0 Å². The van der Waals surface area contributed by atoms with Gasteiger partial charge in [-0.1, -0.05) is 48.5 Å². The summed E-state index contributed by atoms with van der Waals surface area (Å²) in [6.45, 7) is 4.97. The minimum absolute atomic E-state index is 0.0506. The molecule has 1 heterocycles. The summed E-state index contributed by atoms with van der Waals surface area (Å²) < 4.78 is 0. The van der Waals surface area contributed by atoms with Gasteiger partial charge >= 0.3 is 0 Å². The minimum atomic E-state index is 0.0506. The summed E-state index contributed by atoms with van der Waals surface area (Å²) in [6, 6.07) is 18.5. The van der Waals surface area contributed by atoms with E-state index in [1.807, 2.05) is 37.3 Å². The molecule has 3 nitrogen and oxygen atoms in total. The van der Waals surface area contributed by atoms with Crippen molar-refractivity contribution in [2.45, 2.75) is 32.4 Å². The molecule has 120 valence electrons. The molecule has 0 radical (unpaired) electrons. The van der Waals surface area contributed by atoms with Crippen LogP contribution in [0.4, 0.5) is 0 Å². The zero-order valence-corrected chi connectivity index (χ0v) is 13.7. The van der Waals surface area contributed by atoms with Crippen molar-refractivity contribution in [1.82, 2.24) is 10.2 Å². The largest absolute Gasteiger partial charge is 0.348 e. The fraction of sp³-hybridized carbons (Fsp3) is 0.350. The van der Waals surface area contributed by atoms with Crippen LogP contribution in [0, 0.1) is 6.92 Å². The summed E-state index contributed by atoms with van der Waals surface area (Å²) in [6.07, 6.45) is 2.19. The van der Waals surface area contributed by atoms with Crippen molar-refractivity contribution < 1.29 is 4.79 Å². The Bertz CT molecular complexity index is 654. The van der Waals surface area contributed by atoms with Gasteiger partial charge in [0.15, 0.2) is 0 Å². The van der Waals surface area contributed by atoms with Crippen LogP contribution in [0.15, 0.2) is 54.6 Å². The fourth-order valence-electron chi connectivity index (χ4n) is 3.25. The van der Waals surface area contributed by atoms with Gasteiger partial charge in [0.25, 0.3) is 5.91 Å². The molecule has 3 rings (SSSR count). The number of aryl methyl sites for hydroxylation is 1. The first kappa shape index (κ1) is 15.8. The molecule has 1 aliphatic rings. The van der Waals surface area contributed by atoms with Crippen molar-refractivity contribution in [1.29, 1.82) is 0 Å². The molecule has 1 aliphatic heterocycles. The van der Waals surface area contributed by atoms with E-state index < -0.39 is 0 Å². The van der Waals surface area contributed by atoms with Crippen LogP contribution in [0.1, 0.15) is 34.3 Å². The highest BCUT2D eigenvalue weighted by Gasteiger charge is 2.22. The number of carbonyl (C=O) groups excluding carboxylic acids is 1. The predicted octanol–water partition coefficient (Wildman–Crippen LogP) is 3.39. The third-order valence-electron chi connectivity index (χ3n) is 4.48. The van der Waals surface area contributed by atoms with E-state index in [4.69, 9.17) is 0 Å². The van der Waals surface area contributed by atoms with E-state index in [-0.39, 0.29) is 11.9 Å². The summed E-state index contributed by atoms with van der Waals surface area (Å²) in [4.78, 5) is 14.9. The molecular formula is C20H24N2O. The molecule has 0 saturated carbocycles. The first-order valence-corrected chi connectivity index (χ1v) is 8.35. The third-order valence-corrected chi connectivity index (χ3v) is 4.48. The van der Waals surface area contributed by atoms with Crippen LogP contribution in [-0.2, 0) is 6.54 Å². The number of amides is 1. The van der Waals surface area contributed by atoms with Gasteiger partial charge in [-0.05, 0) is 43.5 Å². The van der Waals surface area contributed by atoms with Gasteiger partial charge in [-0.25, -0.2) is 0 Å². The zero-order chi connectivity index (χ0) is 16.1. The van der Waals surface area contributed by atoms with Crippen molar-refractivity contribution in [3.63, 3.8) is 0 Å². The highest BCUT2D eigenvalue weighted by molar-refractivity contribution is 5.95. The normalized spacial score (nSPS) is 18.6. The number of benzene rings is 2. The maximum Gasteiger partial charge on any atom is 0.251 e. The maximum atomic E-state index is 12.5. The number of carbonyl (C=O) groups is 1. The van der Waals surface area contributed by atoms with Crippen LogP contribution in [0.3, 0.4) is 0 Å². The molecule has 0 spiro atoms. The minimum Gasteiger partial charge on any atom is -0.348 e. The van der Waals surface area contributed by atoms with E-state index in [1.54, 1.807) is 0 Å². The molecule has 1 N–H and O–H groups in total. The summed E-state index contributed by atoms with van der Waals surface area (Å²) in [5, 5.41) is 3.21. The Balaban J connectivity index is 1.58. The number of rotatable bonds is 4. The lowest BCUT2D eigenvalue weighted by molar-refractivity contribution is 0.0900. The van der Waals surface area contributed by atoms with Gasteiger partial charge in [-0.15, -0.1) is 0 Å². The molecule has 0 aromatic heterocycles. The average molecular weight is 308 g/mol. The van der Waals surface area contributed by atoms with Crippen LogP contribution in [0.5, 0.6) is 0 Å². The topological polar surface area (TPSA) is 32.3 Å². The molecule has 23 heavy (non-hydrogen) atoms. The van der Waals surface area contributed by atoms with Crippen molar-refractivity contribution in [3.8, 4) is 0 Å². The van der Waals surface area contributed by atoms with Crippen LogP contribution in [0.2, 0.25) is 0 Å². The highest BCUT2D eigenvalue weighted by atomic mass is 16.1. The van der Waals surface area contributed by atoms with E-state index in [0.717, 1.165) is 43.6 Å². The van der Waals surface area contributed by atoms with Crippen LogP contribution in [-0.4, -0.2) is 29.9 Å². The average Bonchev–Trinajstić information content (AvgIpc) is 2.56. The molecular weight excluding hydrogens is 284 g/mol. The maximum absolute atomic E-state index is 12.5. The fourth-order valence-corrected chi connectivity index (χ4v) is 3.25. The molecule has 0 aliphatic carbocycles. The van der Waals surface area contributed by atoms with Crippen molar-refractivity contribution in [2.24, 2.45) is 0 Å². The summed E-state index contributed by atoms with van der Waals surface area (Å²) >= 11 is 0. The Morgan fingerprint density at radius 2 is 1.87 bits per heavy atom. The molecule has 2 aromatic rings. The van der Waals surface area contributed by atoms with Gasteiger partial charge in [0.1, 0.15) is 0 Å². The second-order valence-corrected chi connectivity index (χ2v) is 6.35. The van der Waals surface area contributed by atoms with E-state index in [0.29, 0.717) is 0 Å². The number of hydrogen-bond acceptors (Lipinski definition) is 2. The second-order valence-electron chi connectivity index (χ2n) is 6.35. The second kappa shape index (κ2) is 7.42. The lowest BCUT2D eigenvalue weighted by Crippen LogP contribution is -2.47. The Morgan fingerprint density at radius 1 is 1.13 bits per heavy atom. The quantitative estimate of drug-likeness (QED) is 0.939. The number of nitrogens with zero attached hydrogens (tertiary/aromatic N) is 1. The first-order chi connectivity index (χ1) is 11.2. The van der Waals surface area contributed by atoms with Crippen molar-refractivity contribution >= 4 is 5.91 Å². The van der Waals surface area contributed by atoms with Gasteiger partial charge in [0, 0.05) is 24.7 Å². The summed E-state index contributed by atoms with van der Waals surface area (Å²) in [5.41, 5.74) is 3.15. The lowest BCUT2D eigenvalue weighted by atomic mass is 10.0. The zero-order valence-electron chi connectivity index (χ0n) is 13.7. The lowest BCUT2D eigenvalue weighted by Gasteiger charge is -2.33. The number of piperidine rings is 1. The van der Waals surface area contributed by atoms with Gasteiger partial charge < -0.3 is 5.32 Å². The molecule has 1 fully saturated rings. The summed E-state index contributed by atoms with van der Waals surface area (Å²) in [7, 11) is 0. The number of nitrogens with one attached hydrogen (secondary N) is 1. The molecule has 0 bridgehead atoms. The standard InChI is InChI=1S/C20H24N2O/c1-16-8-5-6-12-19(16)20(23)21-18-11-7-13-22(15-18)14-17-9-3-2-4-10-17/h2-6,8-10,12,18H,7,11,13-15H2,1H3,(H,21,23)/t18-/m0/s1. The third kappa shape index (κ3) is 4.20. The van der Waals surface area contributed by atoms with E-state index in [9.17, 15) is 4.79 Å². The molecule has 3 heteroatoms. The van der Waals surface area contributed by atoms with Gasteiger partial charge in [0.2, 0.25) is 0 Å². The number of hydrogen-bond donors (Lipinski definition) is 1. The SMILES string of the molecule is Cc1ccccc1C(=O)N[C@H]1CCCN(Cc2ccccc2)C1. The Hall–Kier alpha value is -2.13. The van der Waals surface area contributed by atoms with Gasteiger partial charge in [-0.2, -0.15) is 0 Å². The molecule has 2 aromatic carbocycles. The molecule has 1 amide bonds. The van der Waals surface area contributed by atoms with Crippen molar-refractivity contribution in [3.05, 3.63) is 71.3 Å². The molecule has 1 saturated heterocycles.